The van der Waals surface area contributed by atoms with Gasteiger partial charge >= 0.3 is 0 Å². The number of fused-ring (bicyclic) bond motifs is 1. The summed E-state index contributed by atoms with van der Waals surface area (Å²) < 4.78 is 0. The van der Waals surface area contributed by atoms with Crippen molar-refractivity contribution in [1.82, 2.24) is 4.98 Å². The van der Waals surface area contributed by atoms with Gasteiger partial charge in [-0.2, -0.15) is 0 Å². The van der Waals surface area contributed by atoms with Gasteiger partial charge in [0.15, 0.2) is 0 Å². The number of nitrogens with zero attached hydrogens (tertiary/aromatic N) is 1. The number of para-hydroxylation sites is 1. The highest BCUT2D eigenvalue weighted by atomic mass is 16.3. The molecule has 2 heteroatoms. The zero-order valence-corrected chi connectivity index (χ0v) is 10.2. The summed E-state index contributed by atoms with van der Waals surface area (Å²) in [7, 11) is 0. The van der Waals surface area contributed by atoms with Gasteiger partial charge in [-0.1, -0.05) is 38.1 Å². The zero-order valence-electron chi connectivity index (χ0n) is 10.2. The summed E-state index contributed by atoms with van der Waals surface area (Å²) >= 11 is 0. The van der Waals surface area contributed by atoms with E-state index in [1.807, 2.05) is 30.3 Å². The van der Waals surface area contributed by atoms with Crippen molar-refractivity contribution in [3.63, 3.8) is 0 Å². The molecule has 2 atom stereocenters. The third kappa shape index (κ3) is 1.73. The van der Waals surface area contributed by atoms with Crippen LogP contribution in [0, 0.1) is 11.3 Å². The molecule has 88 valence electrons. The quantitative estimate of drug-likeness (QED) is 0.853. The van der Waals surface area contributed by atoms with Crippen LogP contribution in [-0.2, 0) is 0 Å². The van der Waals surface area contributed by atoms with Gasteiger partial charge in [0.2, 0.25) is 0 Å². The van der Waals surface area contributed by atoms with Gasteiger partial charge < -0.3 is 5.11 Å². The first-order chi connectivity index (χ1) is 8.09. The minimum Gasteiger partial charge on any atom is -0.388 e. The molecule has 0 amide bonds. The molecule has 1 N–H and O–H groups in total. The van der Waals surface area contributed by atoms with Gasteiger partial charge in [-0.15, -0.1) is 0 Å². The minimum atomic E-state index is -0.386. The van der Waals surface area contributed by atoms with Gasteiger partial charge in [0.25, 0.3) is 0 Å². The molecule has 0 aliphatic heterocycles. The van der Waals surface area contributed by atoms with Crippen LogP contribution in [0.1, 0.15) is 31.9 Å². The van der Waals surface area contributed by atoms with Gasteiger partial charge in [-0.05, 0) is 23.8 Å². The Labute approximate surface area is 101 Å². The van der Waals surface area contributed by atoms with Gasteiger partial charge in [-0.3, -0.25) is 4.98 Å². The van der Waals surface area contributed by atoms with E-state index >= 15 is 0 Å². The molecule has 0 radical (unpaired) electrons. The summed E-state index contributed by atoms with van der Waals surface area (Å²) in [5, 5.41) is 11.6. The topological polar surface area (TPSA) is 33.1 Å². The van der Waals surface area contributed by atoms with Crippen LogP contribution in [0.4, 0.5) is 0 Å². The third-order valence-electron chi connectivity index (χ3n) is 3.95. The molecule has 0 spiro atoms. The average molecular weight is 227 g/mol. The van der Waals surface area contributed by atoms with Crippen molar-refractivity contribution in [2.75, 3.05) is 0 Å². The molecule has 1 aliphatic carbocycles. The monoisotopic (exact) mass is 227 g/mol. The fourth-order valence-electron chi connectivity index (χ4n) is 2.63. The lowest BCUT2D eigenvalue weighted by Gasteiger charge is -2.14. The van der Waals surface area contributed by atoms with E-state index in [0.717, 1.165) is 22.9 Å². The molecule has 1 aromatic carbocycles. The summed E-state index contributed by atoms with van der Waals surface area (Å²) in [6.45, 7) is 4.42. The van der Waals surface area contributed by atoms with Gasteiger partial charge in [-0.25, -0.2) is 0 Å². The van der Waals surface area contributed by atoms with Crippen molar-refractivity contribution >= 4 is 10.9 Å². The molecular formula is C15H17NO. The van der Waals surface area contributed by atoms with E-state index in [2.05, 4.69) is 18.8 Å². The first-order valence-corrected chi connectivity index (χ1v) is 6.11. The Hall–Kier alpha value is -1.41. The highest BCUT2D eigenvalue weighted by molar-refractivity contribution is 5.81. The Kier molecular flexibility index (Phi) is 2.23. The van der Waals surface area contributed by atoms with E-state index in [1.54, 1.807) is 6.20 Å². The molecule has 1 fully saturated rings. The number of aliphatic hydroxyl groups excluding tert-OH is 1. The first kappa shape index (κ1) is 10.7. The number of hydrogen-bond acceptors (Lipinski definition) is 2. The first-order valence-electron chi connectivity index (χ1n) is 6.11. The number of pyridine rings is 1. The van der Waals surface area contributed by atoms with Gasteiger partial charge in [0, 0.05) is 17.1 Å². The van der Waals surface area contributed by atoms with Gasteiger partial charge in [0.1, 0.15) is 0 Å². The maximum absolute atomic E-state index is 10.5. The average Bonchev–Trinajstić information content (AvgIpc) is 2.97. The van der Waals surface area contributed by atoms with Crippen LogP contribution in [0.3, 0.4) is 0 Å². The van der Waals surface area contributed by atoms with Crippen LogP contribution in [-0.4, -0.2) is 10.1 Å². The van der Waals surface area contributed by atoms with Gasteiger partial charge in [0.05, 0.1) is 11.6 Å². The van der Waals surface area contributed by atoms with E-state index in [-0.39, 0.29) is 11.5 Å². The number of aliphatic hydroxyl groups is 1. The van der Waals surface area contributed by atoms with Crippen molar-refractivity contribution in [3.8, 4) is 0 Å². The van der Waals surface area contributed by atoms with Crippen molar-refractivity contribution in [3.05, 3.63) is 42.1 Å². The van der Waals surface area contributed by atoms with E-state index in [0.29, 0.717) is 5.92 Å². The summed E-state index contributed by atoms with van der Waals surface area (Å²) in [6, 6.07) is 10.00. The summed E-state index contributed by atoms with van der Waals surface area (Å²) in [5.41, 5.74) is 2.18. The highest BCUT2D eigenvalue weighted by Crippen LogP contribution is 2.58. The lowest BCUT2D eigenvalue weighted by atomic mass is 9.97. The van der Waals surface area contributed by atoms with E-state index in [4.69, 9.17) is 0 Å². The second kappa shape index (κ2) is 3.54. The number of aromatic nitrogens is 1. The molecule has 1 aliphatic rings. The van der Waals surface area contributed by atoms with E-state index in [9.17, 15) is 5.11 Å². The Bertz CT molecular complexity index is 556. The van der Waals surface area contributed by atoms with Crippen molar-refractivity contribution in [1.29, 1.82) is 0 Å². The molecule has 1 aromatic heterocycles. The molecule has 1 heterocycles. The fourth-order valence-corrected chi connectivity index (χ4v) is 2.63. The lowest BCUT2D eigenvalue weighted by Crippen LogP contribution is -2.05. The smallest absolute Gasteiger partial charge is 0.0844 e. The predicted molar refractivity (Wildman–Crippen MR) is 68.6 cm³/mol. The molecule has 3 rings (SSSR count). The molecule has 2 unspecified atom stereocenters. The number of benzene rings is 1. The molecule has 17 heavy (non-hydrogen) atoms. The fraction of sp³-hybridized carbons (Fsp3) is 0.400. The maximum Gasteiger partial charge on any atom is 0.0844 e. The number of hydrogen-bond donors (Lipinski definition) is 1. The van der Waals surface area contributed by atoms with Crippen molar-refractivity contribution in [2.45, 2.75) is 26.4 Å². The minimum absolute atomic E-state index is 0.274. The number of rotatable bonds is 2. The van der Waals surface area contributed by atoms with Crippen LogP contribution in [0.5, 0.6) is 0 Å². The normalized spacial score (nSPS) is 23.6. The molecule has 2 nitrogen and oxygen atoms in total. The van der Waals surface area contributed by atoms with Crippen LogP contribution in [0.2, 0.25) is 0 Å². The van der Waals surface area contributed by atoms with Crippen molar-refractivity contribution in [2.24, 2.45) is 11.3 Å². The van der Waals surface area contributed by atoms with Crippen molar-refractivity contribution < 1.29 is 5.11 Å². The highest BCUT2D eigenvalue weighted by Gasteiger charge is 2.50. The lowest BCUT2D eigenvalue weighted by molar-refractivity contribution is 0.139. The summed E-state index contributed by atoms with van der Waals surface area (Å²) in [4.78, 5) is 4.40. The third-order valence-corrected chi connectivity index (χ3v) is 3.95. The summed E-state index contributed by atoms with van der Waals surface area (Å²) in [5.74, 6) is 0.370. The SMILES string of the molecule is CC1(C)CC1C(O)c1cccc2cccnc12. The zero-order chi connectivity index (χ0) is 12.0. The second-order valence-electron chi connectivity index (χ2n) is 5.67. The van der Waals surface area contributed by atoms with Crippen LogP contribution in [0.25, 0.3) is 10.9 Å². The van der Waals surface area contributed by atoms with E-state index in [1.165, 1.54) is 0 Å². The van der Waals surface area contributed by atoms with Crippen LogP contribution in [0.15, 0.2) is 36.5 Å². The summed E-state index contributed by atoms with van der Waals surface area (Å²) in [6.07, 6.45) is 2.50. The Morgan fingerprint density at radius 3 is 2.71 bits per heavy atom. The molecule has 2 aromatic rings. The largest absolute Gasteiger partial charge is 0.388 e. The second-order valence-corrected chi connectivity index (χ2v) is 5.67. The molecular weight excluding hydrogens is 210 g/mol. The van der Waals surface area contributed by atoms with Crippen LogP contribution >= 0.6 is 0 Å². The predicted octanol–water partition coefficient (Wildman–Crippen LogP) is 3.31. The Balaban J connectivity index is 2.06. The molecule has 0 bridgehead atoms. The Morgan fingerprint density at radius 1 is 1.29 bits per heavy atom. The van der Waals surface area contributed by atoms with E-state index < -0.39 is 0 Å². The Morgan fingerprint density at radius 2 is 2.00 bits per heavy atom. The molecule has 0 saturated heterocycles. The maximum atomic E-state index is 10.5. The standard InChI is InChI=1S/C15H17NO/c1-15(2)9-12(15)14(17)11-7-3-5-10-6-4-8-16-13(10)11/h3-8,12,14,17H,9H2,1-2H3. The van der Waals surface area contributed by atoms with Crippen LogP contribution < -0.4 is 0 Å². The molecule has 1 saturated carbocycles.